The summed E-state index contributed by atoms with van der Waals surface area (Å²) in [6.07, 6.45) is 0.974. The molecule has 0 bridgehead atoms. The fourth-order valence-corrected chi connectivity index (χ4v) is 3.36. The van der Waals surface area contributed by atoms with Crippen molar-refractivity contribution in [2.45, 2.75) is 25.8 Å². The minimum absolute atomic E-state index is 0.0121. The topological polar surface area (TPSA) is 127 Å². The average molecular weight is 344 g/mol. The number of hydrogen-bond donors (Lipinski definition) is 4. The summed E-state index contributed by atoms with van der Waals surface area (Å²) in [5.74, 6) is -2.20. The van der Waals surface area contributed by atoms with Gasteiger partial charge in [-0.3, -0.25) is 4.79 Å². The van der Waals surface area contributed by atoms with Crippen molar-refractivity contribution in [3.8, 4) is 17.2 Å². The number of benzene rings is 1. The van der Waals surface area contributed by atoms with Gasteiger partial charge in [0.05, 0.1) is 5.75 Å². The Morgan fingerprint density at radius 1 is 1.22 bits per heavy atom. The first-order chi connectivity index (χ1) is 10.7. The minimum Gasteiger partial charge on any atom is -0.504 e. The number of piperidine rings is 1. The van der Waals surface area contributed by atoms with Gasteiger partial charge in [-0.1, -0.05) is 0 Å². The van der Waals surface area contributed by atoms with E-state index in [1.165, 1.54) is 4.90 Å². The third-order valence-electron chi connectivity index (χ3n) is 3.83. The third kappa shape index (κ3) is 4.05. The van der Waals surface area contributed by atoms with E-state index in [0.29, 0.717) is 25.9 Å². The maximum Gasteiger partial charge on any atom is 0.254 e. The summed E-state index contributed by atoms with van der Waals surface area (Å²) < 4.78 is 25.7. The number of carbonyl (C=O) groups is 1. The Kier molecular flexibility index (Phi) is 5.00. The van der Waals surface area contributed by atoms with Crippen molar-refractivity contribution in [3.05, 3.63) is 17.7 Å². The summed E-state index contributed by atoms with van der Waals surface area (Å²) >= 11 is 0. The maximum absolute atomic E-state index is 12.3. The van der Waals surface area contributed by atoms with E-state index in [0.717, 1.165) is 12.1 Å². The van der Waals surface area contributed by atoms with Crippen LogP contribution in [-0.2, 0) is 10.0 Å². The van der Waals surface area contributed by atoms with Crippen molar-refractivity contribution < 1.29 is 28.5 Å². The molecular formula is C14H20N2O6S. The summed E-state index contributed by atoms with van der Waals surface area (Å²) in [6.45, 7) is 2.28. The van der Waals surface area contributed by atoms with E-state index in [9.17, 15) is 28.5 Å². The zero-order chi connectivity index (χ0) is 17.2. The normalized spacial score (nSPS) is 16.5. The number of phenols is 3. The van der Waals surface area contributed by atoms with Crippen LogP contribution in [0, 0.1) is 0 Å². The van der Waals surface area contributed by atoms with Crippen LogP contribution in [0.3, 0.4) is 0 Å². The second-order valence-corrected chi connectivity index (χ2v) is 7.49. The number of nitrogens with one attached hydrogen (secondary N) is 1. The van der Waals surface area contributed by atoms with E-state index >= 15 is 0 Å². The summed E-state index contributed by atoms with van der Waals surface area (Å²) in [6, 6.07) is 1.97. The molecule has 4 N–H and O–H groups in total. The van der Waals surface area contributed by atoms with Gasteiger partial charge in [0.25, 0.3) is 5.91 Å². The lowest BCUT2D eigenvalue weighted by atomic mass is 10.0. The Morgan fingerprint density at radius 2 is 1.74 bits per heavy atom. The molecule has 8 nitrogen and oxygen atoms in total. The van der Waals surface area contributed by atoms with Gasteiger partial charge in [-0.2, -0.15) is 0 Å². The molecule has 1 aliphatic rings. The molecule has 0 saturated carbocycles. The quantitative estimate of drug-likeness (QED) is 0.584. The highest BCUT2D eigenvalue weighted by molar-refractivity contribution is 7.89. The molecular weight excluding hydrogens is 324 g/mol. The zero-order valence-electron chi connectivity index (χ0n) is 12.7. The smallest absolute Gasteiger partial charge is 0.254 e. The molecule has 23 heavy (non-hydrogen) atoms. The van der Waals surface area contributed by atoms with Crippen LogP contribution in [0.15, 0.2) is 12.1 Å². The number of likely N-dealkylation sites (tertiary alicyclic amines) is 1. The molecule has 1 saturated heterocycles. The number of rotatable bonds is 4. The Bertz CT molecular complexity index is 672. The number of amides is 1. The molecule has 0 aliphatic carbocycles. The number of nitrogens with zero attached hydrogens (tertiary/aromatic N) is 1. The van der Waals surface area contributed by atoms with Crippen LogP contribution in [-0.4, -0.2) is 59.4 Å². The van der Waals surface area contributed by atoms with Crippen LogP contribution in [0.4, 0.5) is 0 Å². The van der Waals surface area contributed by atoms with E-state index in [4.69, 9.17) is 0 Å². The molecule has 0 unspecified atom stereocenters. The van der Waals surface area contributed by atoms with E-state index in [1.54, 1.807) is 6.92 Å². The maximum atomic E-state index is 12.3. The lowest BCUT2D eigenvalue weighted by molar-refractivity contribution is 0.0710. The number of aromatic hydroxyl groups is 3. The van der Waals surface area contributed by atoms with Crippen LogP contribution < -0.4 is 4.72 Å². The molecule has 1 aromatic rings. The summed E-state index contributed by atoms with van der Waals surface area (Å²) in [4.78, 5) is 13.9. The van der Waals surface area contributed by atoms with Gasteiger partial charge in [0.15, 0.2) is 17.2 Å². The lowest BCUT2D eigenvalue weighted by Gasteiger charge is -2.32. The largest absolute Gasteiger partial charge is 0.504 e. The van der Waals surface area contributed by atoms with Gasteiger partial charge in [0.2, 0.25) is 10.0 Å². The van der Waals surface area contributed by atoms with Crippen molar-refractivity contribution in [2.75, 3.05) is 18.8 Å². The van der Waals surface area contributed by atoms with Crippen LogP contribution in [0.1, 0.15) is 30.1 Å². The van der Waals surface area contributed by atoms with Gasteiger partial charge in [-0.05, 0) is 31.9 Å². The second-order valence-electron chi connectivity index (χ2n) is 5.45. The predicted octanol–water partition coefficient (Wildman–Crippen LogP) is 0.347. The van der Waals surface area contributed by atoms with Crippen molar-refractivity contribution in [1.82, 2.24) is 9.62 Å². The van der Waals surface area contributed by atoms with Crippen molar-refractivity contribution >= 4 is 15.9 Å². The van der Waals surface area contributed by atoms with Crippen molar-refractivity contribution in [2.24, 2.45) is 0 Å². The molecule has 1 amide bonds. The molecule has 0 radical (unpaired) electrons. The first-order valence-electron chi connectivity index (χ1n) is 7.27. The van der Waals surface area contributed by atoms with Gasteiger partial charge < -0.3 is 20.2 Å². The van der Waals surface area contributed by atoms with Crippen molar-refractivity contribution in [1.29, 1.82) is 0 Å². The standard InChI is InChI=1S/C14H20N2O6S/c1-2-23(21,22)15-10-3-5-16(6-4-10)14(20)9-7-11(17)13(19)12(18)8-9/h7-8,10,15,17-19H,2-6H2,1H3. The zero-order valence-corrected chi connectivity index (χ0v) is 13.5. The van der Waals surface area contributed by atoms with Crippen molar-refractivity contribution in [3.63, 3.8) is 0 Å². The Hall–Kier alpha value is -2.00. The highest BCUT2D eigenvalue weighted by atomic mass is 32.2. The number of hydrogen-bond acceptors (Lipinski definition) is 6. The summed E-state index contributed by atoms with van der Waals surface area (Å²) in [5.41, 5.74) is 0.0605. The van der Waals surface area contributed by atoms with Gasteiger partial charge in [0, 0.05) is 24.7 Å². The molecule has 0 aromatic heterocycles. The molecule has 0 spiro atoms. The molecule has 1 heterocycles. The van der Waals surface area contributed by atoms with Gasteiger partial charge in [-0.15, -0.1) is 0 Å². The predicted molar refractivity (Wildman–Crippen MR) is 83.0 cm³/mol. The van der Waals surface area contributed by atoms with E-state index < -0.39 is 33.2 Å². The van der Waals surface area contributed by atoms with Crippen LogP contribution >= 0.6 is 0 Å². The van der Waals surface area contributed by atoms with Gasteiger partial charge in [0.1, 0.15) is 0 Å². The first kappa shape index (κ1) is 17.4. The van der Waals surface area contributed by atoms with E-state index in [-0.39, 0.29) is 17.4 Å². The molecule has 1 fully saturated rings. The molecule has 128 valence electrons. The van der Waals surface area contributed by atoms with Gasteiger partial charge >= 0.3 is 0 Å². The van der Waals surface area contributed by atoms with E-state index in [1.807, 2.05) is 0 Å². The summed E-state index contributed by atoms with van der Waals surface area (Å²) in [7, 11) is -3.27. The fourth-order valence-electron chi connectivity index (χ4n) is 2.45. The highest BCUT2D eigenvalue weighted by Gasteiger charge is 2.26. The molecule has 2 rings (SSSR count). The molecule has 9 heteroatoms. The Labute approximate surface area is 134 Å². The average Bonchev–Trinajstić information content (AvgIpc) is 2.52. The number of sulfonamides is 1. The summed E-state index contributed by atoms with van der Waals surface area (Å²) in [5, 5.41) is 28.2. The SMILES string of the molecule is CCS(=O)(=O)NC1CCN(C(=O)c2cc(O)c(O)c(O)c2)CC1. The van der Waals surface area contributed by atoms with E-state index in [2.05, 4.69) is 4.72 Å². The number of phenolic OH excluding ortho intramolecular Hbond substituents is 3. The lowest BCUT2D eigenvalue weighted by Crippen LogP contribution is -2.46. The third-order valence-corrected chi connectivity index (χ3v) is 5.28. The number of carbonyl (C=O) groups excluding carboxylic acids is 1. The van der Waals surface area contributed by atoms with Crippen LogP contribution in [0.5, 0.6) is 17.2 Å². The minimum atomic E-state index is -3.27. The van der Waals surface area contributed by atoms with Crippen LogP contribution in [0.25, 0.3) is 0 Å². The fraction of sp³-hybridized carbons (Fsp3) is 0.500. The molecule has 0 atom stereocenters. The van der Waals surface area contributed by atoms with Gasteiger partial charge in [-0.25, -0.2) is 13.1 Å². The Balaban J connectivity index is 2.01. The monoisotopic (exact) mass is 344 g/mol. The molecule has 1 aromatic carbocycles. The second kappa shape index (κ2) is 6.63. The molecule has 1 aliphatic heterocycles. The highest BCUT2D eigenvalue weighted by Crippen LogP contribution is 2.35. The first-order valence-corrected chi connectivity index (χ1v) is 8.93. The van der Waals surface area contributed by atoms with Crippen LogP contribution in [0.2, 0.25) is 0 Å². The Morgan fingerprint density at radius 3 is 2.22 bits per heavy atom.